The summed E-state index contributed by atoms with van der Waals surface area (Å²) in [5.74, 6) is 0.406. The van der Waals surface area contributed by atoms with Gasteiger partial charge in [0.2, 0.25) is 10.0 Å². The number of benzene rings is 1. The van der Waals surface area contributed by atoms with Gasteiger partial charge < -0.3 is 5.73 Å². The molecule has 0 aromatic heterocycles. The zero-order valence-electron chi connectivity index (χ0n) is 10.7. The molecule has 100 valence electrons. The smallest absolute Gasteiger partial charge is 0.218 e. The SMILES string of the molecule is Cc1cccc(CS(=O)(=O)N2CCC(CN)C2)c1. The van der Waals surface area contributed by atoms with Crippen molar-refractivity contribution in [1.82, 2.24) is 4.31 Å². The molecule has 1 aliphatic rings. The Labute approximate surface area is 109 Å². The van der Waals surface area contributed by atoms with Gasteiger partial charge in [0.15, 0.2) is 0 Å². The minimum absolute atomic E-state index is 0.0893. The standard InChI is InChI=1S/C13H20N2O2S/c1-11-3-2-4-12(7-11)10-18(16,17)15-6-5-13(8-14)9-15/h2-4,7,13H,5-6,8-10,14H2,1H3. The van der Waals surface area contributed by atoms with Crippen molar-refractivity contribution in [1.29, 1.82) is 0 Å². The van der Waals surface area contributed by atoms with E-state index in [0.717, 1.165) is 17.5 Å². The van der Waals surface area contributed by atoms with E-state index in [0.29, 0.717) is 25.6 Å². The van der Waals surface area contributed by atoms with Crippen LogP contribution in [-0.2, 0) is 15.8 Å². The highest BCUT2D eigenvalue weighted by Crippen LogP contribution is 2.21. The van der Waals surface area contributed by atoms with Gasteiger partial charge in [0.25, 0.3) is 0 Å². The lowest BCUT2D eigenvalue weighted by molar-refractivity contribution is 0.458. The van der Waals surface area contributed by atoms with Crippen LogP contribution < -0.4 is 5.73 Å². The van der Waals surface area contributed by atoms with Crippen molar-refractivity contribution in [3.63, 3.8) is 0 Å². The first-order valence-electron chi connectivity index (χ1n) is 6.24. The summed E-state index contributed by atoms with van der Waals surface area (Å²) in [6.45, 7) is 3.72. The number of hydrogen-bond donors (Lipinski definition) is 1. The Morgan fingerprint density at radius 1 is 1.44 bits per heavy atom. The molecule has 0 bridgehead atoms. The van der Waals surface area contributed by atoms with Crippen molar-refractivity contribution in [2.24, 2.45) is 11.7 Å². The van der Waals surface area contributed by atoms with Crippen molar-refractivity contribution in [3.05, 3.63) is 35.4 Å². The molecule has 1 atom stereocenters. The molecule has 0 radical (unpaired) electrons. The molecule has 0 aliphatic carbocycles. The van der Waals surface area contributed by atoms with Crippen LogP contribution in [0.4, 0.5) is 0 Å². The normalized spacial score (nSPS) is 21.3. The van der Waals surface area contributed by atoms with E-state index >= 15 is 0 Å². The molecule has 1 aliphatic heterocycles. The minimum atomic E-state index is -3.20. The predicted molar refractivity (Wildman–Crippen MR) is 72.5 cm³/mol. The van der Waals surface area contributed by atoms with Crippen LogP contribution in [0, 0.1) is 12.8 Å². The van der Waals surface area contributed by atoms with Gasteiger partial charge in [-0.3, -0.25) is 0 Å². The van der Waals surface area contributed by atoms with Gasteiger partial charge in [-0.25, -0.2) is 12.7 Å². The molecule has 1 saturated heterocycles. The first-order chi connectivity index (χ1) is 8.51. The van der Waals surface area contributed by atoms with Gasteiger partial charge in [0, 0.05) is 13.1 Å². The number of hydrogen-bond acceptors (Lipinski definition) is 3. The lowest BCUT2D eigenvalue weighted by Crippen LogP contribution is -2.31. The Bertz CT molecular complexity index is 513. The van der Waals surface area contributed by atoms with Gasteiger partial charge in [-0.1, -0.05) is 29.8 Å². The van der Waals surface area contributed by atoms with Crippen molar-refractivity contribution in [3.8, 4) is 0 Å². The summed E-state index contributed by atoms with van der Waals surface area (Å²) in [5.41, 5.74) is 7.53. The summed E-state index contributed by atoms with van der Waals surface area (Å²) in [5, 5.41) is 0. The Hall–Kier alpha value is -0.910. The van der Waals surface area contributed by atoms with E-state index in [2.05, 4.69) is 0 Å². The summed E-state index contributed by atoms with van der Waals surface area (Å²) < 4.78 is 26.1. The Kier molecular flexibility index (Phi) is 4.04. The molecule has 1 heterocycles. The van der Waals surface area contributed by atoms with Crippen LogP contribution in [0.3, 0.4) is 0 Å². The summed E-state index contributed by atoms with van der Waals surface area (Å²) >= 11 is 0. The second-order valence-electron chi connectivity index (χ2n) is 4.99. The molecule has 1 aromatic carbocycles. The van der Waals surface area contributed by atoms with Gasteiger partial charge in [-0.15, -0.1) is 0 Å². The van der Waals surface area contributed by atoms with E-state index in [1.165, 1.54) is 0 Å². The maximum absolute atomic E-state index is 12.3. The quantitative estimate of drug-likeness (QED) is 0.889. The molecule has 0 amide bonds. The van der Waals surface area contributed by atoms with Crippen molar-refractivity contribution >= 4 is 10.0 Å². The van der Waals surface area contributed by atoms with Gasteiger partial charge in [-0.05, 0) is 31.4 Å². The Balaban J connectivity index is 2.08. The molecular formula is C13H20N2O2S. The molecule has 0 spiro atoms. The summed E-state index contributed by atoms with van der Waals surface area (Å²) in [4.78, 5) is 0. The lowest BCUT2D eigenvalue weighted by Gasteiger charge is -2.16. The Morgan fingerprint density at radius 2 is 2.22 bits per heavy atom. The molecule has 1 fully saturated rings. The fourth-order valence-electron chi connectivity index (χ4n) is 2.35. The van der Waals surface area contributed by atoms with Crippen LogP contribution in [0.1, 0.15) is 17.5 Å². The fourth-order valence-corrected chi connectivity index (χ4v) is 3.95. The molecule has 0 saturated carbocycles. The highest BCUT2D eigenvalue weighted by molar-refractivity contribution is 7.88. The van der Waals surface area contributed by atoms with Crippen LogP contribution in [0.25, 0.3) is 0 Å². The van der Waals surface area contributed by atoms with Crippen LogP contribution in [0.2, 0.25) is 0 Å². The van der Waals surface area contributed by atoms with E-state index < -0.39 is 10.0 Å². The van der Waals surface area contributed by atoms with E-state index in [1.807, 2.05) is 31.2 Å². The molecule has 1 aromatic rings. The second kappa shape index (κ2) is 5.38. The summed E-state index contributed by atoms with van der Waals surface area (Å²) in [7, 11) is -3.20. The lowest BCUT2D eigenvalue weighted by atomic mass is 10.1. The predicted octanol–water partition coefficient (Wildman–Crippen LogP) is 1.11. The van der Waals surface area contributed by atoms with Crippen LogP contribution in [0.15, 0.2) is 24.3 Å². The van der Waals surface area contributed by atoms with E-state index in [9.17, 15) is 8.42 Å². The highest BCUT2D eigenvalue weighted by Gasteiger charge is 2.30. The largest absolute Gasteiger partial charge is 0.330 e. The van der Waals surface area contributed by atoms with Crippen molar-refractivity contribution in [2.75, 3.05) is 19.6 Å². The summed E-state index contributed by atoms with van der Waals surface area (Å²) in [6, 6.07) is 7.65. The molecule has 2 rings (SSSR count). The van der Waals surface area contributed by atoms with E-state index in [4.69, 9.17) is 5.73 Å². The Morgan fingerprint density at radius 3 is 2.83 bits per heavy atom. The van der Waals surface area contributed by atoms with Crippen molar-refractivity contribution < 1.29 is 8.42 Å². The molecule has 1 unspecified atom stereocenters. The maximum atomic E-state index is 12.3. The highest BCUT2D eigenvalue weighted by atomic mass is 32.2. The van der Waals surface area contributed by atoms with E-state index in [-0.39, 0.29) is 5.75 Å². The third kappa shape index (κ3) is 3.10. The third-order valence-corrected chi connectivity index (χ3v) is 5.22. The van der Waals surface area contributed by atoms with Crippen LogP contribution in [0.5, 0.6) is 0 Å². The molecular weight excluding hydrogens is 248 g/mol. The fraction of sp³-hybridized carbons (Fsp3) is 0.538. The average Bonchev–Trinajstić information content (AvgIpc) is 2.77. The zero-order chi connectivity index (χ0) is 13.2. The van der Waals surface area contributed by atoms with Crippen molar-refractivity contribution in [2.45, 2.75) is 19.1 Å². The van der Waals surface area contributed by atoms with Gasteiger partial charge >= 0.3 is 0 Å². The monoisotopic (exact) mass is 268 g/mol. The van der Waals surface area contributed by atoms with Gasteiger partial charge in [0.1, 0.15) is 0 Å². The van der Waals surface area contributed by atoms with Gasteiger partial charge in [0.05, 0.1) is 5.75 Å². The zero-order valence-corrected chi connectivity index (χ0v) is 11.5. The average molecular weight is 268 g/mol. The summed E-state index contributed by atoms with van der Waals surface area (Å²) in [6.07, 6.45) is 0.879. The van der Waals surface area contributed by atoms with Crippen LogP contribution in [-0.4, -0.2) is 32.4 Å². The molecule has 18 heavy (non-hydrogen) atoms. The third-order valence-electron chi connectivity index (χ3n) is 3.41. The first-order valence-corrected chi connectivity index (χ1v) is 7.85. The number of nitrogens with two attached hydrogens (primary N) is 1. The van der Waals surface area contributed by atoms with Crippen LogP contribution >= 0.6 is 0 Å². The number of nitrogens with zero attached hydrogens (tertiary/aromatic N) is 1. The minimum Gasteiger partial charge on any atom is -0.330 e. The van der Waals surface area contributed by atoms with E-state index in [1.54, 1.807) is 4.31 Å². The number of aryl methyl sites for hydroxylation is 1. The number of sulfonamides is 1. The molecule has 4 nitrogen and oxygen atoms in total. The molecule has 5 heteroatoms. The van der Waals surface area contributed by atoms with Gasteiger partial charge in [-0.2, -0.15) is 0 Å². The topological polar surface area (TPSA) is 63.4 Å². The first kappa shape index (κ1) is 13.5. The second-order valence-corrected chi connectivity index (χ2v) is 6.96. The molecule has 2 N–H and O–H groups in total. The maximum Gasteiger partial charge on any atom is 0.218 e. The number of rotatable bonds is 4.